The second kappa shape index (κ2) is 6.33. The maximum atomic E-state index is 12.3. The van der Waals surface area contributed by atoms with Gasteiger partial charge in [-0.3, -0.25) is 4.79 Å². The monoisotopic (exact) mass is 301 g/mol. The number of hydrogen-bond donors (Lipinski definition) is 3. The molecule has 1 saturated heterocycles. The number of aromatic nitrogens is 2. The number of aromatic amines is 1. The second-order valence-electron chi connectivity index (χ2n) is 4.70. The summed E-state index contributed by atoms with van der Waals surface area (Å²) in [6, 6.07) is 0. The summed E-state index contributed by atoms with van der Waals surface area (Å²) in [5, 5.41) is 2.76. The number of amides is 1. The molecule has 8 nitrogen and oxygen atoms in total. The first-order valence-corrected chi connectivity index (χ1v) is 7.96. The molecule has 2 rings (SSSR count). The normalized spacial score (nSPS) is 20.8. The lowest BCUT2D eigenvalue weighted by molar-refractivity contribution is -0.126. The molecule has 0 spiro atoms. The lowest BCUT2D eigenvalue weighted by atomic mass is 9.99. The first kappa shape index (κ1) is 14.9. The summed E-state index contributed by atoms with van der Waals surface area (Å²) in [5.41, 5.74) is 5.33. The molecule has 1 fully saturated rings. The summed E-state index contributed by atoms with van der Waals surface area (Å²) in [4.78, 5) is 18.2. The molecule has 0 aliphatic carbocycles. The average Bonchev–Trinajstić information content (AvgIpc) is 2.99. The maximum Gasteiger partial charge on any atom is 0.260 e. The van der Waals surface area contributed by atoms with Crippen molar-refractivity contribution >= 4 is 15.9 Å². The first-order valence-electron chi connectivity index (χ1n) is 6.52. The highest BCUT2D eigenvalue weighted by molar-refractivity contribution is 7.89. The van der Waals surface area contributed by atoms with E-state index in [0.29, 0.717) is 32.5 Å². The van der Waals surface area contributed by atoms with Crippen molar-refractivity contribution < 1.29 is 13.2 Å². The minimum atomic E-state index is -3.60. The minimum Gasteiger partial charge on any atom is -0.355 e. The molecule has 20 heavy (non-hydrogen) atoms. The molecular formula is C11H19N5O3S. The summed E-state index contributed by atoms with van der Waals surface area (Å²) in [6.45, 7) is 1.39. The van der Waals surface area contributed by atoms with Crippen molar-refractivity contribution in [3.8, 4) is 0 Å². The highest BCUT2D eigenvalue weighted by Gasteiger charge is 2.33. The fourth-order valence-corrected chi connectivity index (χ4v) is 3.66. The van der Waals surface area contributed by atoms with Crippen LogP contribution in [0, 0.1) is 5.92 Å². The van der Waals surface area contributed by atoms with Gasteiger partial charge in [0.25, 0.3) is 10.0 Å². The van der Waals surface area contributed by atoms with Crippen molar-refractivity contribution in [1.29, 1.82) is 0 Å². The Morgan fingerprint density at radius 1 is 1.60 bits per heavy atom. The van der Waals surface area contributed by atoms with E-state index in [-0.39, 0.29) is 23.4 Å². The highest BCUT2D eigenvalue weighted by Crippen LogP contribution is 2.22. The Labute approximate surface area is 117 Å². The van der Waals surface area contributed by atoms with E-state index in [0.717, 1.165) is 0 Å². The number of nitrogens with two attached hydrogens (primary N) is 1. The Balaban J connectivity index is 2.05. The number of carbonyl (C=O) groups is 1. The smallest absolute Gasteiger partial charge is 0.260 e. The van der Waals surface area contributed by atoms with E-state index in [2.05, 4.69) is 15.3 Å². The van der Waals surface area contributed by atoms with Crippen LogP contribution >= 0.6 is 0 Å². The first-order chi connectivity index (χ1) is 9.55. The van der Waals surface area contributed by atoms with Crippen LogP contribution in [0.15, 0.2) is 17.6 Å². The number of nitrogens with one attached hydrogen (secondary N) is 2. The lowest BCUT2D eigenvalue weighted by Crippen LogP contribution is -2.46. The molecule has 9 heteroatoms. The zero-order chi connectivity index (χ0) is 14.6. The summed E-state index contributed by atoms with van der Waals surface area (Å²) >= 11 is 0. The molecule has 1 amide bonds. The Hall–Kier alpha value is -1.45. The van der Waals surface area contributed by atoms with Gasteiger partial charge in [0.15, 0.2) is 5.03 Å². The van der Waals surface area contributed by atoms with Crippen molar-refractivity contribution in [2.75, 3.05) is 26.2 Å². The molecule has 112 valence electrons. The third-order valence-corrected chi connectivity index (χ3v) is 5.08. The van der Waals surface area contributed by atoms with Crippen LogP contribution in [0.25, 0.3) is 0 Å². The van der Waals surface area contributed by atoms with Gasteiger partial charge in [0, 0.05) is 26.2 Å². The molecule has 0 aromatic carbocycles. The van der Waals surface area contributed by atoms with E-state index >= 15 is 0 Å². The van der Waals surface area contributed by atoms with Crippen LogP contribution in [0.5, 0.6) is 0 Å². The highest BCUT2D eigenvalue weighted by atomic mass is 32.2. The fraction of sp³-hybridized carbons (Fsp3) is 0.636. The summed E-state index contributed by atoms with van der Waals surface area (Å²) < 4.78 is 26.0. The van der Waals surface area contributed by atoms with Gasteiger partial charge in [-0.2, -0.15) is 4.31 Å². The number of piperidine rings is 1. The van der Waals surface area contributed by atoms with Gasteiger partial charge in [-0.15, -0.1) is 0 Å². The molecule has 1 aliphatic rings. The molecule has 1 aliphatic heterocycles. The number of imidazole rings is 1. The third-order valence-electron chi connectivity index (χ3n) is 3.29. The Morgan fingerprint density at radius 3 is 3.05 bits per heavy atom. The predicted octanol–water partition coefficient (Wildman–Crippen LogP) is -1.11. The van der Waals surface area contributed by atoms with Gasteiger partial charge in [-0.05, 0) is 12.8 Å². The van der Waals surface area contributed by atoms with Crippen LogP contribution in [0.2, 0.25) is 0 Å². The quantitative estimate of drug-likeness (QED) is 0.636. The summed E-state index contributed by atoms with van der Waals surface area (Å²) in [7, 11) is -3.60. The number of carbonyl (C=O) groups excluding carboxylic acids is 1. The van der Waals surface area contributed by atoms with Crippen molar-refractivity contribution in [1.82, 2.24) is 19.6 Å². The summed E-state index contributed by atoms with van der Waals surface area (Å²) in [6.07, 6.45) is 3.94. The maximum absolute atomic E-state index is 12.3. The van der Waals surface area contributed by atoms with E-state index < -0.39 is 10.0 Å². The number of sulfonamides is 1. The van der Waals surface area contributed by atoms with Gasteiger partial charge in [-0.1, -0.05) is 0 Å². The van der Waals surface area contributed by atoms with Gasteiger partial charge in [-0.25, -0.2) is 13.4 Å². The zero-order valence-electron chi connectivity index (χ0n) is 11.1. The Bertz CT molecular complexity index is 542. The van der Waals surface area contributed by atoms with E-state index in [1.807, 2.05) is 0 Å². The van der Waals surface area contributed by atoms with Gasteiger partial charge in [0.2, 0.25) is 5.91 Å². The molecule has 1 aromatic heterocycles. The van der Waals surface area contributed by atoms with Gasteiger partial charge < -0.3 is 16.0 Å². The van der Waals surface area contributed by atoms with Crippen LogP contribution in [0.4, 0.5) is 0 Å². The number of hydrogen-bond acceptors (Lipinski definition) is 5. The molecule has 4 N–H and O–H groups in total. The van der Waals surface area contributed by atoms with E-state index in [1.54, 1.807) is 0 Å². The molecular weight excluding hydrogens is 282 g/mol. The Kier molecular flexibility index (Phi) is 4.73. The molecule has 0 bridgehead atoms. The van der Waals surface area contributed by atoms with Crippen molar-refractivity contribution in [3.05, 3.63) is 12.5 Å². The van der Waals surface area contributed by atoms with Crippen molar-refractivity contribution in [2.45, 2.75) is 17.9 Å². The average molecular weight is 301 g/mol. The zero-order valence-corrected chi connectivity index (χ0v) is 11.9. The SMILES string of the molecule is NCCNC(=O)C1CCCN(S(=O)(=O)c2cnc[nH]2)C1. The fourth-order valence-electron chi connectivity index (χ4n) is 2.24. The van der Waals surface area contributed by atoms with Crippen molar-refractivity contribution in [2.24, 2.45) is 11.7 Å². The lowest BCUT2D eigenvalue weighted by Gasteiger charge is -2.30. The predicted molar refractivity (Wildman–Crippen MR) is 72.1 cm³/mol. The van der Waals surface area contributed by atoms with Gasteiger partial charge >= 0.3 is 0 Å². The largest absolute Gasteiger partial charge is 0.355 e. The molecule has 0 saturated carbocycles. The molecule has 1 aromatic rings. The number of H-pyrrole nitrogens is 1. The van der Waals surface area contributed by atoms with Crippen LogP contribution in [-0.4, -0.2) is 54.8 Å². The Morgan fingerprint density at radius 2 is 2.40 bits per heavy atom. The second-order valence-corrected chi connectivity index (χ2v) is 6.60. The topological polar surface area (TPSA) is 121 Å². The van der Waals surface area contributed by atoms with Crippen LogP contribution in [0.1, 0.15) is 12.8 Å². The van der Waals surface area contributed by atoms with E-state index in [1.165, 1.54) is 16.8 Å². The summed E-state index contributed by atoms with van der Waals surface area (Å²) in [5.74, 6) is -0.465. The van der Waals surface area contributed by atoms with Crippen molar-refractivity contribution in [3.63, 3.8) is 0 Å². The number of nitrogens with zero attached hydrogens (tertiary/aromatic N) is 2. The molecule has 2 heterocycles. The van der Waals surface area contributed by atoms with E-state index in [4.69, 9.17) is 5.73 Å². The van der Waals surface area contributed by atoms with Gasteiger partial charge in [0.05, 0.1) is 18.4 Å². The van der Waals surface area contributed by atoms with Crippen LogP contribution < -0.4 is 11.1 Å². The van der Waals surface area contributed by atoms with E-state index in [9.17, 15) is 13.2 Å². The van der Waals surface area contributed by atoms with Gasteiger partial charge in [0.1, 0.15) is 0 Å². The minimum absolute atomic E-state index is 0.0560. The van der Waals surface area contributed by atoms with Crippen LogP contribution in [0.3, 0.4) is 0 Å². The van der Waals surface area contributed by atoms with Crippen LogP contribution in [-0.2, 0) is 14.8 Å². The third kappa shape index (κ3) is 3.17. The molecule has 1 unspecified atom stereocenters. The molecule has 1 atom stereocenters. The number of rotatable bonds is 5. The molecule has 0 radical (unpaired) electrons. The standard InChI is InChI=1S/C11H19N5O3S/c12-3-4-14-11(17)9-2-1-5-16(7-9)20(18,19)10-6-13-8-15-10/h6,8-9H,1-5,7,12H2,(H,13,15)(H,14,17).